The maximum Gasteiger partial charge on any atom is 0.261 e. The van der Waals surface area contributed by atoms with Crippen molar-refractivity contribution in [1.29, 1.82) is 0 Å². The fourth-order valence-corrected chi connectivity index (χ4v) is 1.53. The average molecular weight is 368 g/mol. The zero-order valence-electron chi connectivity index (χ0n) is 11.9. The lowest BCUT2D eigenvalue weighted by Gasteiger charge is -2.22. The number of alkyl halides is 1. The maximum absolute atomic E-state index is 11.2. The Hall–Kier alpha value is -0.690. The normalized spacial score (nSPS) is 13.6. The van der Waals surface area contributed by atoms with Gasteiger partial charge in [-0.05, 0) is 15.9 Å². The number of rotatable bonds is 14. The van der Waals surface area contributed by atoms with Crippen LogP contribution in [0.3, 0.4) is 0 Å². The molecule has 0 aromatic rings. The molecule has 7 nitrogen and oxygen atoms in total. The number of terminal acetylenes is 1. The molecule has 0 radical (unpaired) electrons. The maximum atomic E-state index is 11.2. The molecule has 0 saturated heterocycles. The van der Waals surface area contributed by atoms with Crippen LogP contribution in [0.5, 0.6) is 0 Å². The van der Waals surface area contributed by atoms with Gasteiger partial charge in [-0.3, -0.25) is 4.79 Å². The Labute approximate surface area is 133 Å². The van der Waals surface area contributed by atoms with Crippen LogP contribution in [0.4, 0.5) is 0 Å². The molecular weight excluding hydrogens is 346 g/mol. The van der Waals surface area contributed by atoms with Crippen molar-refractivity contribution >= 4 is 21.8 Å². The molecule has 0 aromatic carbocycles. The Morgan fingerprint density at radius 3 is 2.00 bits per heavy atom. The molecule has 0 rings (SSSR count). The molecule has 1 unspecified atom stereocenters. The van der Waals surface area contributed by atoms with E-state index in [1.54, 1.807) is 0 Å². The van der Waals surface area contributed by atoms with Crippen LogP contribution in [0.2, 0.25) is 0 Å². The second-order valence-corrected chi connectivity index (χ2v) is 5.16. The van der Waals surface area contributed by atoms with Crippen molar-refractivity contribution < 1.29 is 28.8 Å². The fraction of sp³-hybridized carbons (Fsp3) is 0.769. The van der Waals surface area contributed by atoms with Crippen LogP contribution in [0.15, 0.2) is 0 Å². The zero-order chi connectivity index (χ0) is 16.0. The second kappa shape index (κ2) is 13.0. The molecule has 122 valence electrons. The molecule has 8 heteroatoms. The summed E-state index contributed by atoms with van der Waals surface area (Å²) < 4.78 is 19.4. The molecule has 0 aliphatic carbocycles. The Balaban J connectivity index is 3.47. The Bertz CT molecular complexity index is 322. The summed E-state index contributed by atoms with van der Waals surface area (Å²) in [5.41, 5.74) is 5.19. The zero-order valence-corrected chi connectivity index (χ0v) is 13.5. The van der Waals surface area contributed by atoms with Gasteiger partial charge in [0.15, 0.2) is 0 Å². The van der Waals surface area contributed by atoms with E-state index < -0.39 is 10.4 Å². The van der Waals surface area contributed by atoms with E-state index in [9.17, 15) is 4.79 Å². The minimum atomic E-state index is -1.34. The van der Waals surface area contributed by atoms with E-state index in [4.69, 9.17) is 36.2 Å². The summed E-state index contributed by atoms with van der Waals surface area (Å²) in [5.74, 6) is 1.64. The van der Waals surface area contributed by atoms with Crippen LogP contribution < -0.4 is 5.73 Å². The number of ether oxygens (including phenoxy) is 4. The number of nitrogens with two attached hydrogens (primary N) is 1. The van der Waals surface area contributed by atoms with Crippen molar-refractivity contribution in [2.24, 2.45) is 5.73 Å². The van der Waals surface area contributed by atoms with E-state index in [0.717, 1.165) is 0 Å². The number of halogens is 1. The van der Waals surface area contributed by atoms with Crippen molar-refractivity contribution in [3.63, 3.8) is 0 Å². The third kappa shape index (κ3) is 10.6. The monoisotopic (exact) mass is 367 g/mol. The van der Waals surface area contributed by atoms with Gasteiger partial charge < -0.3 is 29.8 Å². The molecule has 0 saturated carbocycles. The first-order chi connectivity index (χ1) is 10.1. The van der Waals surface area contributed by atoms with Crippen molar-refractivity contribution in [2.75, 3.05) is 52.9 Å². The molecule has 21 heavy (non-hydrogen) atoms. The number of hydrogen-bond donors (Lipinski definition) is 2. The van der Waals surface area contributed by atoms with Crippen molar-refractivity contribution in [1.82, 2.24) is 0 Å². The Morgan fingerprint density at radius 1 is 1.10 bits per heavy atom. The van der Waals surface area contributed by atoms with Crippen LogP contribution >= 0.6 is 15.9 Å². The molecule has 3 N–H and O–H groups in total. The fourth-order valence-electron chi connectivity index (χ4n) is 1.21. The van der Waals surface area contributed by atoms with Crippen LogP contribution in [0.1, 0.15) is 6.42 Å². The highest BCUT2D eigenvalue weighted by molar-refractivity contribution is 9.10. The summed E-state index contributed by atoms with van der Waals surface area (Å²) in [6.45, 7) is 2.46. The number of hydrogen-bond acceptors (Lipinski definition) is 6. The average Bonchev–Trinajstić information content (AvgIpc) is 2.45. The summed E-state index contributed by atoms with van der Waals surface area (Å²) in [6, 6.07) is 0. The van der Waals surface area contributed by atoms with E-state index in [2.05, 4.69) is 21.9 Å². The van der Waals surface area contributed by atoms with Gasteiger partial charge in [-0.25, -0.2) is 0 Å². The lowest BCUT2D eigenvalue weighted by molar-refractivity contribution is -0.133. The minimum absolute atomic E-state index is 0.00313. The van der Waals surface area contributed by atoms with Gasteiger partial charge in [0.05, 0.1) is 59.3 Å². The highest BCUT2D eigenvalue weighted by Gasteiger charge is 2.33. The second-order valence-electron chi connectivity index (χ2n) is 3.88. The van der Waals surface area contributed by atoms with E-state index in [1.165, 1.54) is 0 Å². The van der Waals surface area contributed by atoms with Gasteiger partial charge in [0.1, 0.15) is 0 Å². The highest BCUT2D eigenvalue weighted by Crippen LogP contribution is 2.23. The highest BCUT2D eigenvalue weighted by atomic mass is 79.9. The van der Waals surface area contributed by atoms with Crippen molar-refractivity contribution in [3.8, 4) is 12.3 Å². The molecule has 1 atom stereocenters. The number of carbonyl (C=O) groups is 1. The molecule has 0 spiro atoms. The summed E-state index contributed by atoms with van der Waals surface area (Å²) in [5, 5.41) is 8.47. The van der Waals surface area contributed by atoms with Gasteiger partial charge in [-0.2, -0.15) is 0 Å². The lowest BCUT2D eigenvalue weighted by atomic mass is 10.2. The summed E-state index contributed by atoms with van der Waals surface area (Å²) >= 11 is 3.08. The van der Waals surface area contributed by atoms with Crippen LogP contribution in [-0.2, 0) is 23.7 Å². The first-order valence-electron chi connectivity index (χ1n) is 6.47. The van der Waals surface area contributed by atoms with Gasteiger partial charge in [-0.1, -0.05) is 0 Å². The number of primary amides is 1. The van der Waals surface area contributed by atoms with E-state index in [1.807, 2.05) is 0 Å². The molecule has 0 aliphatic heterocycles. The van der Waals surface area contributed by atoms with E-state index >= 15 is 0 Å². The number of aliphatic hydroxyl groups excluding tert-OH is 1. The molecular formula is C13H22BrNO6. The molecule has 0 bridgehead atoms. The lowest BCUT2D eigenvalue weighted by Crippen LogP contribution is -2.41. The number of carbonyl (C=O) groups excluding carboxylic acids is 1. The van der Waals surface area contributed by atoms with Gasteiger partial charge in [0, 0.05) is 0 Å². The quantitative estimate of drug-likeness (QED) is 0.247. The predicted molar refractivity (Wildman–Crippen MR) is 79.8 cm³/mol. The largest absolute Gasteiger partial charge is 0.394 e. The van der Waals surface area contributed by atoms with E-state index in [-0.39, 0.29) is 26.2 Å². The SMILES string of the molecule is C#CCC(Br)(OCCOCCOCCOCCO)C(N)=O. The number of aliphatic hydroxyl groups is 1. The van der Waals surface area contributed by atoms with Gasteiger partial charge >= 0.3 is 0 Å². The van der Waals surface area contributed by atoms with Crippen LogP contribution in [0.25, 0.3) is 0 Å². The molecule has 0 heterocycles. The summed E-state index contributed by atoms with van der Waals surface area (Å²) in [6.07, 6.45) is 5.18. The van der Waals surface area contributed by atoms with Gasteiger partial charge in [0.25, 0.3) is 5.91 Å². The van der Waals surface area contributed by atoms with Gasteiger partial charge in [0.2, 0.25) is 4.51 Å². The van der Waals surface area contributed by atoms with Crippen molar-refractivity contribution in [3.05, 3.63) is 0 Å². The molecule has 0 aliphatic rings. The smallest absolute Gasteiger partial charge is 0.261 e. The molecule has 0 aromatic heterocycles. The predicted octanol–water partition coefficient (Wildman–Crippen LogP) is -0.355. The summed E-state index contributed by atoms with van der Waals surface area (Å²) in [7, 11) is 0. The van der Waals surface area contributed by atoms with Crippen LogP contribution in [-0.4, -0.2) is 68.4 Å². The van der Waals surface area contributed by atoms with Crippen LogP contribution in [0, 0.1) is 12.3 Å². The minimum Gasteiger partial charge on any atom is -0.394 e. The standard InChI is InChI=1S/C13H22BrNO6/c1-2-3-13(14,12(15)17)21-11-10-20-9-8-19-7-6-18-5-4-16/h1,16H,3-11H2,(H2,15,17). The Morgan fingerprint density at radius 2 is 1.57 bits per heavy atom. The van der Waals surface area contributed by atoms with Gasteiger partial charge in [-0.15, -0.1) is 12.3 Å². The summed E-state index contributed by atoms with van der Waals surface area (Å²) in [4.78, 5) is 11.2. The first kappa shape index (κ1) is 20.3. The molecule has 1 amide bonds. The molecule has 0 fully saturated rings. The topological polar surface area (TPSA) is 100 Å². The van der Waals surface area contributed by atoms with Crippen molar-refractivity contribution in [2.45, 2.75) is 10.9 Å². The van der Waals surface area contributed by atoms with E-state index in [0.29, 0.717) is 33.0 Å². The third-order valence-electron chi connectivity index (χ3n) is 2.24. The first-order valence-corrected chi connectivity index (χ1v) is 7.26. The Kier molecular flexibility index (Phi) is 12.6. The number of amides is 1. The third-order valence-corrected chi connectivity index (χ3v) is 3.14.